The Balaban J connectivity index is 1.79. The molecule has 0 atom stereocenters. The van der Waals surface area contributed by atoms with Gasteiger partial charge in [-0.1, -0.05) is 23.4 Å². The van der Waals surface area contributed by atoms with Crippen LogP contribution in [-0.4, -0.2) is 35.2 Å². The van der Waals surface area contributed by atoms with Crippen molar-refractivity contribution in [3.63, 3.8) is 0 Å². The fraction of sp³-hybridized carbons (Fsp3) is 0.0909. The van der Waals surface area contributed by atoms with E-state index in [0.29, 0.717) is 21.8 Å². The van der Waals surface area contributed by atoms with Crippen molar-refractivity contribution in [1.29, 1.82) is 0 Å². The van der Waals surface area contributed by atoms with Gasteiger partial charge in [-0.25, -0.2) is 0 Å². The predicted octanol–water partition coefficient (Wildman–Crippen LogP) is 0.957. The minimum absolute atomic E-state index is 0.0837. The van der Waals surface area contributed by atoms with E-state index in [0.717, 1.165) is 5.69 Å². The van der Waals surface area contributed by atoms with E-state index in [-0.39, 0.29) is 11.9 Å². The molecule has 11 heteroatoms. The second-order valence-electron chi connectivity index (χ2n) is 4.11. The highest BCUT2D eigenvalue weighted by atomic mass is 35.5. The van der Waals surface area contributed by atoms with Crippen molar-refractivity contribution in [3.05, 3.63) is 35.1 Å². The van der Waals surface area contributed by atoms with Crippen LogP contribution < -0.4 is 11.5 Å². The van der Waals surface area contributed by atoms with E-state index in [2.05, 4.69) is 30.5 Å². The number of halogens is 1. The summed E-state index contributed by atoms with van der Waals surface area (Å²) in [6, 6.07) is 7.17. The largest absolute Gasteiger partial charge is 0.368 e. The molecule has 0 fully saturated rings. The summed E-state index contributed by atoms with van der Waals surface area (Å²) >= 11 is 7.22. The number of nitrogen functional groups attached to an aromatic ring is 2. The normalized spacial score (nSPS) is 10.8. The van der Waals surface area contributed by atoms with Gasteiger partial charge in [-0.15, -0.1) is 5.10 Å². The zero-order valence-corrected chi connectivity index (χ0v) is 12.7. The molecule has 0 aliphatic carbocycles. The second kappa shape index (κ2) is 6.12. The molecule has 9 nitrogen and oxygen atoms in total. The lowest BCUT2D eigenvalue weighted by molar-refractivity contribution is 0.756. The first-order valence-corrected chi connectivity index (χ1v) is 7.41. The van der Waals surface area contributed by atoms with Gasteiger partial charge in [0.25, 0.3) is 0 Å². The van der Waals surface area contributed by atoms with Crippen molar-refractivity contribution in [2.45, 2.75) is 10.9 Å². The highest BCUT2D eigenvalue weighted by Gasteiger charge is 2.11. The van der Waals surface area contributed by atoms with Gasteiger partial charge < -0.3 is 11.5 Å². The molecule has 0 saturated carbocycles. The van der Waals surface area contributed by atoms with Crippen LogP contribution in [0.3, 0.4) is 0 Å². The van der Waals surface area contributed by atoms with Gasteiger partial charge in [-0.3, -0.25) is 0 Å². The summed E-state index contributed by atoms with van der Waals surface area (Å²) in [6.07, 6.45) is 0. The molecule has 3 rings (SSSR count). The van der Waals surface area contributed by atoms with Crippen LogP contribution >= 0.6 is 23.4 Å². The maximum absolute atomic E-state index is 5.87. The van der Waals surface area contributed by atoms with Crippen molar-refractivity contribution >= 4 is 35.3 Å². The molecule has 0 bridgehead atoms. The third-order valence-electron chi connectivity index (χ3n) is 2.56. The standard InChI is InChI=1S/C11H10ClN9S/c12-6-1-3-7(4-2-6)21-11(18-19-20-21)22-5-8-15-9(13)17-10(14)16-8/h1-4H,5H2,(H4,13,14,15,16,17). The van der Waals surface area contributed by atoms with E-state index in [1.165, 1.54) is 11.8 Å². The van der Waals surface area contributed by atoms with Crippen LogP contribution in [0.4, 0.5) is 11.9 Å². The van der Waals surface area contributed by atoms with Gasteiger partial charge in [0, 0.05) is 5.02 Å². The monoisotopic (exact) mass is 335 g/mol. The molecular formula is C11H10ClN9S. The van der Waals surface area contributed by atoms with Gasteiger partial charge in [0.1, 0.15) is 5.82 Å². The summed E-state index contributed by atoms with van der Waals surface area (Å²) < 4.78 is 1.59. The van der Waals surface area contributed by atoms with Crippen LogP contribution in [0.5, 0.6) is 0 Å². The van der Waals surface area contributed by atoms with Crippen LogP contribution in [0.25, 0.3) is 5.69 Å². The Morgan fingerprint density at radius 3 is 2.41 bits per heavy atom. The number of aromatic nitrogens is 7. The zero-order chi connectivity index (χ0) is 15.5. The molecule has 0 spiro atoms. The van der Waals surface area contributed by atoms with Crippen molar-refractivity contribution < 1.29 is 0 Å². The Morgan fingerprint density at radius 1 is 1.05 bits per heavy atom. The summed E-state index contributed by atoms with van der Waals surface area (Å²) in [4.78, 5) is 11.7. The number of benzene rings is 1. The van der Waals surface area contributed by atoms with Crippen LogP contribution in [0.2, 0.25) is 5.02 Å². The quantitative estimate of drug-likeness (QED) is 0.668. The molecule has 0 saturated heterocycles. The first-order chi connectivity index (χ1) is 10.6. The van der Waals surface area contributed by atoms with Crippen LogP contribution in [0, 0.1) is 0 Å². The number of rotatable bonds is 4. The fourth-order valence-corrected chi connectivity index (χ4v) is 2.54. The average molecular weight is 336 g/mol. The first kappa shape index (κ1) is 14.5. The van der Waals surface area contributed by atoms with Crippen molar-refractivity contribution in [3.8, 4) is 5.69 Å². The number of hydrogen-bond acceptors (Lipinski definition) is 9. The third kappa shape index (κ3) is 3.23. The summed E-state index contributed by atoms with van der Waals surface area (Å²) in [5.41, 5.74) is 11.9. The van der Waals surface area contributed by atoms with Gasteiger partial charge in [-0.05, 0) is 34.7 Å². The Bertz CT molecular complexity index is 768. The first-order valence-electron chi connectivity index (χ1n) is 6.05. The van der Waals surface area contributed by atoms with E-state index in [4.69, 9.17) is 23.1 Å². The molecule has 3 aromatic rings. The Morgan fingerprint density at radius 2 is 1.73 bits per heavy atom. The number of thioether (sulfide) groups is 1. The summed E-state index contributed by atoms with van der Waals surface area (Å²) in [5, 5.41) is 12.8. The minimum Gasteiger partial charge on any atom is -0.368 e. The smallest absolute Gasteiger partial charge is 0.225 e. The molecular weight excluding hydrogens is 326 g/mol. The number of tetrazole rings is 1. The highest BCUT2D eigenvalue weighted by Crippen LogP contribution is 2.22. The molecule has 22 heavy (non-hydrogen) atoms. The molecule has 4 N–H and O–H groups in total. The maximum atomic E-state index is 5.87. The lowest BCUT2D eigenvalue weighted by Crippen LogP contribution is -2.06. The number of nitrogens with two attached hydrogens (primary N) is 2. The van der Waals surface area contributed by atoms with E-state index < -0.39 is 0 Å². The second-order valence-corrected chi connectivity index (χ2v) is 5.49. The summed E-state index contributed by atoms with van der Waals surface area (Å²) in [6.45, 7) is 0. The molecule has 0 aliphatic rings. The summed E-state index contributed by atoms with van der Waals surface area (Å²) in [5.74, 6) is 1.03. The third-order valence-corrected chi connectivity index (χ3v) is 3.73. The van der Waals surface area contributed by atoms with Gasteiger partial charge in [0.2, 0.25) is 17.1 Å². The van der Waals surface area contributed by atoms with Crippen molar-refractivity contribution in [2.24, 2.45) is 0 Å². The van der Waals surface area contributed by atoms with E-state index in [9.17, 15) is 0 Å². The molecule has 2 heterocycles. The van der Waals surface area contributed by atoms with Crippen LogP contribution in [0.1, 0.15) is 5.82 Å². The van der Waals surface area contributed by atoms with E-state index in [1.54, 1.807) is 16.8 Å². The number of anilines is 2. The van der Waals surface area contributed by atoms with E-state index in [1.807, 2.05) is 12.1 Å². The van der Waals surface area contributed by atoms with Crippen molar-refractivity contribution in [1.82, 2.24) is 35.2 Å². The van der Waals surface area contributed by atoms with Crippen LogP contribution in [0.15, 0.2) is 29.4 Å². The molecule has 0 unspecified atom stereocenters. The number of nitrogens with zero attached hydrogens (tertiary/aromatic N) is 7. The lowest BCUT2D eigenvalue weighted by atomic mass is 10.3. The fourth-order valence-electron chi connectivity index (χ4n) is 1.66. The van der Waals surface area contributed by atoms with Gasteiger partial charge >= 0.3 is 0 Å². The van der Waals surface area contributed by atoms with Gasteiger partial charge in [0.15, 0.2) is 0 Å². The molecule has 0 radical (unpaired) electrons. The molecule has 112 valence electrons. The maximum Gasteiger partial charge on any atom is 0.225 e. The lowest BCUT2D eigenvalue weighted by Gasteiger charge is -2.04. The SMILES string of the molecule is Nc1nc(N)nc(CSc2nnnn2-c2ccc(Cl)cc2)n1. The Kier molecular flexibility index (Phi) is 4.02. The Labute approximate surface area is 134 Å². The molecule has 1 aromatic carbocycles. The topological polar surface area (TPSA) is 134 Å². The minimum atomic E-state index is 0.0837. The molecule has 0 aliphatic heterocycles. The van der Waals surface area contributed by atoms with Crippen molar-refractivity contribution in [2.75, 3.05) is 11.5 Å². The predicted molar refractivity (Wildman–Crippen MR) is 82.4 cm³/mol. The highest BCUT2D eigenvalue weighted by molar-refractivity contribution is 7.98. The van der Waals surface area contributed by atoms with Crippen LogP contribution in [-0.2, 0) is 5.75 Å². The molecule has 2 aromatic heterocycles. The average Bonchev–Trinajstić information content (AvgIpc) is 2.93. The Hall–Kier alpha value is -2.46. The van der Waals surface area contributed by atoms with E-state index >= 15 is 0 Å². The van der Waals surface area contributed by atoms with Gasteiger partial charge in [0.05, 0.1) is 11.4 Å². The number of hydrogen-bond donors (Lipinski definition) is 2. The van der Waals surface area contributed by atoms with Gasteiger partial charge in [-0.2, -0.15) is 19.6 Å². The summed E-state index contributed by atoms with van der Waals surface area (Å²) in [7, 11) is 0. The molecule has 0 amide bonds. The zero-order valence-electron chi connectivity index (χ0n) is 11.1.